The summed E-state index contributed by atoms with van der Waals surface area (Å²) >= 11 is 5.92. The van der Waals surface area contributed by atoms with Crippen LogP contribution in [0.15, 0.2) is 21.3 Å². The van der Waals surface area contributed by atoms with E-state index in [0.29, 0.717) is 17.4 Å². The summed E-state index contributed by atoms with van der Waals surface area (Å²) < 4.78 is 28.4. The molecule has 0 bridgehead atoms. The van der Waals surface area contributed by atoms with Gasteiger partial charge in [0.25, 0.3) is 0 Å². The van der Waals surface area contributed by atoms with Crippen LogP contribution in [0.2, 0.25) is 5.02 Å². The number of aryl methyl sites for hydroxylation is 1. The van der Waals surface area contributed by atoms with Gasteiger partial charge in [-0.05, 0) is 25.0 Å². The highest BCUT2D eigenvalue weighted by atomic mass is 35.5. The molecule has 1 aliphatic rings. The number of rotatable bonds is 3. The molecule has 1 fully saturated rings. The smallest absolute Gasteiger partial charge is 0.340 e. The first-order valence-corrected chi connectivity index (χ1v) is 10.2. The fourth-order valence-electron chi connectivity index (χ4n) is 3.16. The lowest BCUT2D eigenvalue weighted by Crippen LogP contribution is -2.39. The summed E-state index contributed by atoms with van der Waals surface area (Å²) in [6.07, 6.45) is 0.195. The Morgan fingerprint density at radius 1 is 1.42 bits per heavy atom. The maximum absolute atomic E-state index is 12.6. The van der Waals surface area contributed by atoms with Crippen LogP contribution in [-0.2, 0) is 21.1 Å². The van der Waals surface area contributed by atoms with Crippen molar-refractivity contribution in [3.8, 4) is 5.75 Å². The number of phenols is 1. The van der Waals surface area contributed by atoms with Gasteiger partial charge in [-0.15, -0.1) is 0 Å². The molecule has 9 heteroatoms. The van der Waals surface area contributed by atoms with Crippen LogP contribution >= 0.6 is 11.6 Å². The second-order valence-corrected chi connectivity index (χ2v) is 9.17. The molecular weight excluding hydrogens is 382 g/mol. The molecule has 1 amide bonds. The molecule has 26 heavy (non-hydrogen) atoms. The highest BCUT2D eigenvalue weighted by Crippen LogP contribution is 2.31. The average Bonchev–Trinajstić information content (AvgIpc) is 2.92. The number of carbonyl (C=O) groups is 1. The molecule has 0 saturated carbocycles. The Hall–Kier alpha value is -2.06. The van der Waals surface area contributed by atoms with Crippen LogP contribution in [0.1, 0.15) is 17.5 Å². The van der Waals surface area contributed by atoms with Crippen molar-refractivity contribution in [2.24, 2.45) is 0 Å². The molecule has 1 N–H and O–H groups in total. The Morgan fingerprint density at radius 3 is 2.73 bits per heavy atom. The molecule has 1 unspecified atom stereocenters. The molecule has 2 heterocycles. The highest BCUT2D eigenvalue weighted by Gasteiger charge is 2.33. The first kappa shape index (κ1) is 18.7. The molecule has 3 rings (SSSR count). The monoisotopic (exact) mass is 399 g/mol. The number of nitrogens with zero attached hydrogens (tertiary/aromatic N) is 1. The number of sulfone groups is 1. The van der Waals surface area contributed by atoms with Gasteiger partial charge in [0, 0.05) is 24.5 Å². The van der Waals surface area contributed by atoms with Gasteiger partial charge in [-0.3, -0.25) is 4.79 Å². The molecule has 140 valence electrons. The van der Waals surface area contributed by atoms with Crippen molar-refractivity contribution >= 4 is 38.3 Å². The summed E-state index contributed by atoms with van der Waals surface area (Å²) in [7, 11) is -1.57. The number of fused-ring (bicyclic) bond motifs is 1. The van der Waals surface area contributed by atoms with Gasteiger partial charge in [0.1, 0.15) is 11.3 Å². The molecule has 0 spiro atoms. The lowest BCUT2D eigenvalue weighted by Gasteiger charge is -2.23. The molecule has 0 radical (unpaired) electrons. The maximum Gasteiger partial charge on any atom is 0.340 e. The minimum Gasteiger partial charge on any atom is -0.506 e. The first-order valence-electron chi connectivity index (χ1n) is 8.00. The summed E-state index contributed by atoms with van der Waals surface area (Å²) in [5.41, 5.74) is 0.245. The second kappa shape index (κ2) is 6.59. The first-order chi connectivity index (χ1) is 12.1. The molecule has 2 aromatic rings. The summed E-state index contributed by atoms with van der Waals surface area (Å²) in [5.74, 6) is -0.552. The van der Waals surface area contributed by atoms with E-state index in [1.54, 1.807) is 14.0 Å². The third kappa shape index (κ3) is 3.43. The Balaban J connectivity index is 1.92. The Bertz CT molecular complexity index is 1060. The van der Waals surface area contributed by atoms with Gasteiger partial charge in [-0.25, -0.2) is 13.2 Å². The van der Waals surface area contributed by atoms with Gasteiger partial charge in [0.2, 0.25) is 5.91 Å². The van der Waals surface area contributed by atoms with Crippen LogP contribution in [0.25, 0.3) is 11.0 Å². The van der Waals surface area contributed by atoms with E-state index in [1.807, 2.05) is 0 Å². The van der Waals surface area contributed by atoms with Crippen LogP contribution in [0, 0.1) is 6.92 Å². The van der Waals surface area contributed by atoms with Gasteiger partial charge in [-0.1, -0.05) is 11.6 Å². The lowest BCUT2D eigenvalue weighted by molar-refractivity contribution is -0.130. The second-order valence-electron chi connectivity index (χ2n) is 6.53. The number of halogens is 1. The van der Waals surface area contributed by atoms with Crippen LogP contribution in [-0.4, -0.2) is 48.9 Å². The number of hydrogen-bond acceptors (Lipinski definition) is 6. The van der Waals surface area contributed by atoms with E-state index in [4.69, 9.17) is 16.0 Å². The predicted octanol–water partition coefficient (Wildman–Crippen LogP) is 1.65. The van der Waals surface area contributed by atoms with Gasteiger partial charge in [-0.2, -0.15) is 0 Å². The normalized spacial score (nSPS) is 19.0. The lowest BCUT2D eigenvalue weighted by atomic mass is 10.0. The maximum atomic E-state index is 12.6. The molecular formula is C17H18ClNO6S. The Kier molecular flexibility index (Phi) is 4.74. The zero-order valence-corrected chi connectivity index (χ0v) is 15.9. The van der Waals surface area contributed by atoms with Crippen molar-refractivity contribution in [1.82, 2.24) is 4.90 Å². The van der Waals surface area contributed by atoms with Gasteiger partial charge >= 0.3 is 5.63 Å². The zero-order valence-electron chi connectivity index (χ0n) is 14.3. The van der Waals surface area contributed by atoms with E-state index in [1.165, 1.54) is 17.0 Å². The van der Waals surface area contributed by atoms with Crippen molar-refractivity contribution < 1.29 is 22.7 Å². The largest absolute Gasteiger partial charge is 0.506 e. The molecule has 1 aliphatic heterocycles. The van der Waals surface area contributed by atoms with E-state index >= 15 is 0 Å². The molecule has 1 atom stereocenters. The standard InChI is InChI=1S/C17H18ClNO6S/c1-9-11-5-13(18)14(20)7-15(11)25-17(22)12(9)6-16(21)19(2)10-3-4-26(23,24)8-10/h5,7,10,20H,3-4,6,8H2,1-2H3. The minimum absolute atomic E-state index is 0.0601. The van der Waals surface area contributed by atoms with Crippen molar-refractivity contribution in [2.75, 3.05) is 18.6 Å². The van der Waals surface area contributed by atoms with Crippen molar-refractivity contribution in [3.63, 3.8) is 0 Å². The summed E-state index contributed by atoms with van der Waals surface area (Å²) in [5, 5.41) is 10.3. The summed E-state index contributed by atoms with van der Waals surface area (Å²) in [6, 6.07) is 2.35. The van der Waals surface area contributed by atoms with Gasteiger partial charge in [0.15, 0.2) is 9.84 Å². The van der Waals surface area contributed by atoms with Crippen LogP contribution < -0.4 is 5.63 Å². The third-order valence-corrected chi connectivity index (χ3v) is 6.89. The Labute approximate surface area is 155 Å². The minimum atomic E-state index is -3.11. The molecule has 0 aliphatic carbocycles. The number of aromatic hydroxyl groups is 1. The van der Waals surface area contributed by atoms with Crippen LogP contribution in [0.5, 0.6) is 5.75 Å². The van der Waals surface area contributed by atoms with E-state index in [2.05, 4.69) is 0 Å². The van der Waals surface area contributed by atoms with Crippen molar-refractivity contribution in [1.29, 1.82) is 0 Å². The number of carbonyl (C=O) groups excluding carboxylic acids is 1. The fraction of sp³-hybridized carbons (Fsp3) is 0.412. The average molecular weight is 400 g/mol. The molecule has 1 aromatic carbocycles. The highest BCUT2D eigenvalue weighted by molar-refractivity contribution is 7.91. The number of likely N-dealkylation sites (N-methyl/N-ethyl adjacent to an activating group) is 1. The summed E-state index contributed by atoms with van der Waals surface area (Å²) in [6.45, 7) is 1.68. The SMILES string of the molecule is Cc1c(CC(=O)N(C)C2CCS(=O)(=O)C2)c(=O)oc2cc(O)c(Cl)cc12. The van der Waals surface area contributed by atoms with Crippen LogP contribution in [0.3, 0.4) is 0 Å². The quantitative estimate of drug-likeness (QED) is 0.787. The molecule has 1 saturated heterocycles. The van der Waals surface area contributed by atoms with Crippen molar-refractivity contribution in [3.05, 3.63) is 38.7 Å². The van der Waals surface area contributed by atoms with Crippen molar-refractivity contribution in [2.45, 2.75) is 25.8 Å². The number of hydrogen-bond donors (Lipinski definition) is 1. The number of phenolic OH excluding ortho intramolecular Hbond substituents is 1. The predicted molar refractivity (Wildman–Crippen MR) is 97.4 cm³/mol. The van der Waals surface area contributed by atoms with Gasteiger partial charge < -0.3 is 14.4 Å². The number of amides is 1. The van der Waals surface area contributed by atoms with E-state index in [9.17, 15) is 23.1 Å². The third-order valence-electron chi connectivity index (χ3n) is 4.83. The van der Waals surface area contributed by atoms with E-state index in [-0.39, 0.29) is 51.8 Å². The van der Waals surface area contributed by atoms with E-state index in [0.717, 1.165) is 0 Å². The van der Waals surface area contributed by atoms with E-state index < -0.39 is 15.5 Å². The van der Waals surface area contributed by atoms with Crippen LogP contribution in [0.4, 0.5) is 0 Å². The Morgan fingerprint density at radius 2 is 2.12 bits per heavy atom. The molecule has 7 nitrogen and oxygen atoms in total. The van der Waals surface area contributed by atoms with Gasteiger partial charge in [0.05, 0.1) is 28.5 Å². The summed E-state index contributed by atoms with van der Waals surface area (Å²) in [4.78, 5) is 26.2. The number of benzene rings is 1. The molecule has 1 aromatic heterocycles. The topological polar surface area (TPSA) is 105 Å². The fourth-order valence-corrected chi connectivity index (χ4v) is 5.10. The zero-order chi connectivity index (χ0) is 19.2.